The van der Waals surface area contributed by atoms with Crippen molar-refractivity contribution in [2.75, 3.05) is 11.9 Å². The third kappa shape index (κ3) is 2.79. The molecule has 1 atom stereocenters. The number of para-hydroxylation sites is 1. The summed E-state index contributed by atoms with van der Waals surface area (Å²) in [6.45, 7) is 5.77. The number of imide groups is 1. The molecule has 2 aromatic heterocycles. The Morgan fingerprint density at radius 3 is 2.62 bits per heavy atom. The Bertz CT molecular complexity index is 1620. The third-order valence-electron chi connectivity index (χ3n) is 6.92. The number of carbonyl (C=O) groups is 2. The Morgan fingerprint density at radius 2 is 1.85 bits per heavy atom. The minimum Gasteiger partial charge on any atom is -0.356 e. The molecule has 0 saturated carbocycles. The number of H-pyrrole nitrogens is 1. The van der Waals surface area contributed by atoms with Crippen LogP contribution in [0.2, 0.25) is 0 Å². The van der Waals surface area contributed by atoms with E-state index in [0.717, 1.165) is 33.1 Å². The van der Waals surface area contributed by atoms with Crippen molar-refractivity contribution in [3.05, 3.63) is 87.5 Å². The molecule has 7 nitrogen and oxygen atoms in total. The lowest BCUT2D eigenvalue weighted by Crippen LogP contribution is -2.33. The number of pyridine rings is 1. The van der Waals surface area contributed by atoms with Crippen LogP contribution in [0, 0.1) is 0 Å². The monoisotopic (exact) mass is 452 g/mol. The Hall–Kier alpha value is -4.13. The molecule has 6 rings (SSSR count). The number of hydrogen-bond acceptors (Lipinski definition) is 4. The summed E-state index contributed by atoms with van der Waals surface area (Å²) in [6.07, 6.45) is 2.06. The van der Waals surface area contributed by atoms with Gasteiger partial charge in [-0.15, -0.1) is 0 Å². The predicted molar refractivity (Wildman–Crippen MR) is 132 cm³/mol. The second kappa shape index (κ2) is 7.18. The molecule has 0 radical (unpaired) electrons. The molecular weight excluding hydrogens is 428 g/mol. The zero-order valence-corrected chi connectivity index (χ0v) is 19.2. The highest BCUT2D eigenvalue weighted by molar-refractivity contribution is 6.11. The largest absolute Gasteiger partial charge is 0.356 e. The Kier molecular flexibility index (Phi) is 4.33. The van der Waals surface area contributed by atoms with Gasteiger partial charge in [0.2, 0.25) is 5.91 Å². The lowest BCUT2D eigenvalue weighted by Gasteiger charge is -2.19. The van der Waals surface area contributed by atoms with E-state index >= 15 is 0 Å². The standard InChI is InChI=1S/C27H24N4O3/c1-14(2)30-12-18-23(17-11-16-7-4-5-8-19(16)29-26(17)33)25-21(13-31(15(3)32)27(25)34)28-20-9-6-10-22(30)24(18)20/h4-12,14,23,28H,13H2,1-3H3,(H,29,33). The lowest BCUT2D eigenvalue weighted by atomic mass is 9.84. The molecule has 2 aromatic carbocycles. The first-order valence-electron chi connectivity index (χ1n) is 11.4. The molecule has 34 heavy (non-hydrogen) atoms. The molecule has 7 heteroatoms. The first-order chi connectivity index (χ1) is 16.3. The summed E-state index contributed by atoms with van der Waals surface area (Å²) < 4.78 is 2.17. The van der Waals surface area contributed by atoms with Crippen LogP contribution in [0.3, 0.4) is 0 Å². The fraction of sp³-hybridized carbons (Fsp3) is 0.222. The quantitative estimate of drug-likeness (QED) is 0.476. The number of hydrogen-bond donors (Lipinski definition) is 2. The summed E-state index contributed by atoms with van der Waals surface area (Å²) >= 11 is 0. The van der Waals surface area contributed by atoms with Gasteiger partial charge in [-0.25, -0.2) is 0 Å². The summed E-state index contributed by atoms with van der Waals surface area (Å²) in [4.78, 5) is 43.5. The molecule has 2 N–H and O–H groups in total. The zero-order chi connectivity index (χ0) is 23.7. The second-order valence-corrected chi connectivity index (χ2v) is 9.29. The normalized spacial score (nSPS) is 17.5. The van der Waals surface area contributed by atoms with E-state index < -0.39 is 5.92 Å². The van der Waals surface area contributed by atoms with E-state index in [9.17, 15) is 14.4 Å². The molecule has 0 aliphatic carbocycles. The highest BCUT2D eigenvalue weighted by Gasteiger charge is 2.42. The summed E-state index contributed by atoms with van der Waals surface area (Å²) in [5.41, 5.74) is 4.90. The molecule has 0 saturated heterocycles. The molecule has 4 aromatic rings. The van der Waals surface area contributed by atoms with Gasteiger partial charge in [-0.3, -0.25) is 19.3 Å². The van der Waals surface area contributed by atoms with Gasteiger partial charge in [0, 0.05) is 52.9 Å². The Balaban J connectivity index is 1.71. The Labute approximate surface area is 195 Å². The maximum Gasteiger partial charge on any atom is 0.259 e. The maximum atomic E-state index is 13.6. The average molecular weight is 453 g/mol. The number of amides is 2. The van der Waals surface area contributed by atoms with Crippen LogP contribution in [-0.4, -0.2) is 32.8 Å². The molecule has 170 valence electrons. The van der Waals surface area contributed by atoms with E-state index in [1.807, 2.05) is 42.5 Å². The van der Waals surface area contributed by atoms with Crippen molar-refractivity contribution < 1.29 is 9.59 Å². The number of aromatic nitrogens is 2. The van der Waals surface area contributed by atoms with Gasteiger partial charge in [-0.2, -0.15) is 0 Å². The number of nitrogens with one attached hydrogen (secondary N) is 2. The van der Waals surface area contributed by atoms with Crippen molar-refractivity contribution in [2.45, 2.75) is 32.7 Å². The van der Waals surface area contributed by atoms with Gasteiger partial charge >= 0.3 is 0 Å². The summed E-state index contributed by atoms with van der Waals surface area (Å²) in [5, 5.41) is 5.33. The van der Waals surface area contributed by atoms with Crippen LogP contribution >= 0.6 is 0 Å². The summed E-state index contributed by atoms with van der Waals surface area (Å²) in [7, 11) is 0. The number of benzene rings is 2. The molecule has 2 aliphatic rings. The van der Waals surface area contributed by atoms with Gasteiger partial charge in [-0.05, 0) is 49.1 Å². The number of nitrogens with zero attached hydrogens (tertiary/aromatic N) is 2. The fourth-order valence-corrected chi connectivity index (χ4v) is 5.36. The molecule has 4 heterocycles. The highest BCUT2D eigenvalue weighted by atomic mass is 16.2. The maximum absolute atomic E-state index is 13.6. The van der Waals surface area contributed by atoms with Crippen LogP contribution < -0.4 is 10.9 Å². The lowest BCUT2D eigenvalue weighted by molar-refractivity contribution is -0.139. The van der Waals surface area contributed by atoms with Gasteiger partial charge < -0.3 is 14.9 Å². The van der Waals surface area contributed by atoms with Crippen molar-refractivity contribution in [3.8, 4) is 0 Å². The van der Waals surface area contributed by atoms with E-state index in [1.165, 1.54) is 11.8 Å². The second-order valence-electron chi connectivity index (χ2n) is 9.29. The van der Waals surface area contributed by atoms with E-state index in [0.29, 0.717) is 16.8 Å². The molecular formula is C27H24N4O3. The van der Waals surface area contributed by atoms with E-state index in [2.05, 4.69) is 41.0 Å². The van der Waals surface area contributed by atoms with Gasteiger partial charge in [0.05, 0.1) is 17.6 Å². The van der Waals surface area contributed by atoms with Gasteiger partial charge in [0.15, 0.2) is 0 Å². The fourth-order valence-electron chi connectivity index (χ4n) is 5.36. The van der Waals surface area contributed by atoms with Crippen molar-refractivity contribution in [1.29, 1.82) is 0 Å². The first kappa shape index (κ1) is 20.5. The third-order valence-corrected chi connectivity index (χ3v) is 6.92. The molecule has 0 spiro atoms. The van der Waals surface area contributed by atoms with Crippen LogP contribution in [0.4, 0.5) is 5.69 Å². The number of carbonyl (C=O) groups excluding carboxylic acids is 2. The topological polar surface area (TPSA) is 87.2 Å². The van der Waals surface area contributed by atoms with Crippen LogP contribution in [0.5, 0.6) is 0 Å². The van der Waals surface area contributed by atoms with E-state index in [1.54, 1.807) is 0 Å². The van der Waals surface area contributed by atoms with Crippen LogP contribution in [0.15, 0.2) is 70.8 Å². The first-order valence-corrected chi connectivity index (χ1v) is 11.4. The van der Waals surface area contributed by atoms with Gasteiger partial charge in [0.25, 0.3) is 11.5 Å². The van der Waals surface area contributed by atoms with Gasteiger partial charge in [-0.1, -0.05) is 24.3 Å². The van der Waals surface area contributed by atoms with Crippen molar-refractivity contribution in [2.24, 2.45) is 0 Å². The van der Waals surface area contributed by atoms with Crippen LogP contribution in [-0.2, 0) is 9.59 Å². The number of aromatic amines is 1. The van der Waals surface area contributed by atoms with E-state index in [4.69, 9.17) is 0 Å². The van der Waals surface area contributed by atoms with Crippen molar-refractivity contribution >= 4 is 39.3 Å². The van der Waals surface area contributed by atoms with Crippen LogP contribution in [0.25, 0.3) is 21.8 Å². The molecule has 0 bridgehead atoms. The number of fused-ring (bicyclic) bond motifs is 1. The van der Waals surface area contributed by atoms with E-state index in [-0.39, 0.29) is 30.0 Å². The SMILES string of the molecule is CC(=O)N1CC2=C(C1=O)C(c1cc3ccccc3[nH]c1=O)c1cn(C(C)C)c3cccc(c13)N2. The van der Waals surface area contributed by atoms with Gasteiger partial charge in [0.1, 0.15) is 0 Å². The predicted octanol–water partition coefficient (Wildman–Crippen LogP) is 4.26. The average Bonchev–Trinajstić information content (AvgIpc) is 3.30. The summed E-state index contributed by atoms with van der Waals surface area (Å²) in [6, 6.07) is 15.7. The Morgan fingerprint density at radius 1 is 1.06 bits per heavy atom. The molecule has 2 amide bonds. The number of rotatable bonds is 2. The highest BCUT2D eigenvalue weighted by Crippen LogP contribution is 2.46. The summed E-state index contributed by atoms with van der Waals surface area (Å²) in [5.74, 6) is -1.28. The molecule has 2 aliphatic heterocycles. The zero-order valence-electron chi connectivity index (χ0n) is 19.2. The minimum atomic E-state index is -0.612. The number of anilines is 1. The smallest absolute Gasteiger partial charge is 0.259 e. The van der Waals surface area contributed by atoms with Crippen molar-refractivity contribution in [1.82, 2.24) is 14.5 Å². The van der Waals surface area contributed by atoms with Crippen molar-refractivity contribution in [3.63, 3.8) is 0 Å². The minimum absolute atomic E-state index is 0.163. The molecule has 0 fully saturated rings. The molecule has 1 unspecified atom stereocenters. The van der Waals surface area contributed by atoms with Crippen LogP contribution in [0.1, 0.15) is 43.9 Å².